The highest BCUT2D eigenvalue weighted by molar-refractivity contribution is 7.09. The summed E-state index contributed by atoms with van der Waals surface area (Å²) in [7, 11) is 0. The molecular formula is C27H38N6O6S. The molecule has 4 rings (SSSR count). The molecular weight excluding hydrogens is 536 g/mol. The molecule has 2 aromatic heterocycles. The molecule has 2 aliphatic rings. The number of amides is 4. The smallest absolute Gasteiger partial charge is 0.273 e. The fraction of sp³-hybridized carbons (Fsp3) is 0.630. The van der Waals surface area contributed by atoms with Crippen molar-refractivity contribution in [1.29, 1.82) is 0 Å². The maximum Gasteiger partial charge on any atom is 0.273 e. The van der Waals surface area contributed by atoms with Crippen molar-refractivity contribution in [3.8, 4) is 0 Å². The fourth-order valence-electron chi connectivity index (χ4n) is 4.81. The first-order valence-electron chi connectivity index (χ1n) is 13.7. The number of fused-ring (bicyclic) bond motifs is 4. The van der Waals surface area contributed by atoms with Crippen LogP contribution in [0.25, 0.3) is 0 Å². The van der Waals surface area contributed by atoms with E-state index in [2.05, 4.69) is 25.9 Å². The number of aromatic nitrogens is 2. The van der Waals surface area contributed by atoms with E-state index in [9.17, 15) is 19.2 Å². The van der Waals surface area contributed by atoms with Crippen molar-refractivity contribution in [2.45, 2.75) is 78.6 Å². The maximum absolute atomic E-state index is 13.3. The van der Waals surface area contributed by atoms with Gasteiger partial charge < -0.3 is 30.0 Å². The zero-order valence-electron chi connectivity index (χ0n) is 23.8. The van der Waals surface area contributed by atoms with Crippen molar-refractivity contribution in [2.75, 3.05) is 19.7 Å². The van der Waals surface area contributed by atoms with Gasteiger partial charge >= 0.3 is 0 Å². The Morgan fingerprint density at radius 1 is 1.05 bits per heavy atom. The third-order valence-electron chi connectivity index (χ3n) is 6.97. The van der Waals surface area contributed by atoms with Gasteiger partial charge in [0.25, 0.3) is 17.7 Å². The Labute approximate surface area is 237 Å². The standard InChI is InChI=1S/C27H38N6O6S/c1-13(2)20-25-32-22(16(6)39-25)24(36)28-15(5)10-33(27(37)18-8-7-9-38-18)11-19(34)30-21(14(3)4)26-29-17(12-40-26)23(35)31-20/h12-15,18,20-21H,7-11H2,1-6H3,(H,28,36)(H,30,34)(H,31,35)/t15-,18-,20-,21+/m1/s1. The largest absolute Gasteiger partial charge is 0.443 e. The van der Waals surface area contributed by atoms with Crippen molar-refractivity contribution >= 4 is 35.0 Å². The van der Waals surface area contributed by atoms with Crippen molar-refractivity contribution in [3.63, 3.8) is 0 Å². The highest BCUT2D eigenvalue weighted by Crippen LogP contribution is 2.27. The molecule has 40 heavy (non-hydrogen) atoms. The molecule has 4 amide bonds. The Kier molecular flexibility index (Phi) is 9.24. The summed E-state index contributed by atoms with van der Waals surface area (Å²) in [5.41, 5.74) is 0.297. The number of hydrogen-bond donors (Lipinski definition) is 3. The van der Waals surface area contributed by atoms with Crippen molar-refractivity contribution in [1.82, 2.24) is 30.8 Å². The van der Waals surface area contributed by atoms with Gasteiger partial charge in [-0.1, -0.05) is 27.7 Å². The van der Waals surface area contributed by atoms with E-state index < -0.39 is 36.0 Å². The monoisotopic (exact) mass is 574 g/mol. The Balaban J connectivity index is 1.70. The summed E-state index contributed by atoms with van der Waals surface area (Å²) in [5.74, 6) is -1.17. The summed E-state index contributed by atoms with van der Waals surface area (Å²) >= 11 is 1.28. The lowest BCUT2D eigenvalue weighted by Crippen LogP contribution is -2.51. The van der Waals surface area contributed by atoms with Gasteiger partial charge in [0.2, 0.25) is 11.8 Å². The quantitative estimate of drug-likeness (QED) is 0.505. The Morgan fingerprint density at radius 3 is 2.42 bits per heavy atom. The Hall–Kier alpha value is -3.32. The molecule has 0 aliphatic carbocycles. The van der Waals surface area contributed by atoms with Crippen LogP contribution in [0.5, 0.6) is 0 Å². The molecule has 12 nitrogen and oxygen atoms in total. The topological polar surface area (TPSA) is 156 Å². The van der Waals surface area contributed by atoms with Crippen LogP contribution in [0.3, 0.4) is 0 Å². The highest BCUT2D eigenvalue weighted by Gasteiger charge is 2.33. The molecule has 0 saturated carbocycles. The molecule has 4 bridgehead atoms. The van der Waals surface area contributed by atoms with Crippen LogP contribution in [0, 0.1) is 18.8 Å². The van der Waals surface area contributed by atoms with Crippen molar-refractivity contribution in [2.24, 2.45) is 11.8 Å². The number of thiazole rings is 1. The molecule has 0 spiro atoms. The van der Waals surface area contributed by atoms with Crippen LogP contribution in [-0.2, 0) is 14.3 Å². The maximum atomic E-state index is 13.3. The minimum atomic E-state index is -0.622. The van der Waals surface area contributed by atoms with E-state index >= 15 is 0 Å². The summed E-state index contributed by atoms with van der Waals surface area (Å²) in [6.45, 7) is 11.5. The average Bonchev–Trinajstić information content (AvgIpc) is 3.65. The summed E-state index contributed by atoms with van der Waals surface area (Å²) in [6, 6.07) is -1.57. The molecule has 13 heteroatoms. The second-order valence-corrected chi connectivity index (χ2v) is 12.0. The van der Waals surface area contributed by atoms with Gasteiger partial charge in [0, 0.05) is 24.6 Å². The lowest BCUT2D eigenvalue weighted by atomic mass is 10.0. The van der Waals surface area contributed by atoms with E-state index in [4.69, 9.17) is 9.15 Å². The molecule has 218 valence electrons. The third kappa shape index (κ3) is 6.69. The van der Waals surface area contributed by atoms with E-state index in [1.165, 1.54) is 16.2 Å². The van der Waals surface area contributed by atoms with E-state index in [0.717, 1.165) is 6.42 Å². The van der Waals surface area contributed by atoms with Gasteiger partial charge in [0.15, 0.2) is 5.69 Å². The number of aryl methyl sites for hydroxylation is 1. The first-order chi connectivity index (χ1) is 18.9. The zero-order valence-corrected chi connectivity index (χ0v) is 24.6. The van der Waals surface area contributed by atoms with E-state index in [1.807, 2.05) is 27.7 Å². The first kappa shape index (κ1) is 29.7. The second kappa shape index (κ2) is 12.5. The van der Waals surface area contributed by atoms with E-state index in [1.54, 1.807) is 19.2 Å². The van der Waals surface area contributed by atoms with Crippen LogP contribution >= 0.6 is 11.3 Å². The average molecular weight is 575 g/mol. The summed E-state index contributed by atoms with van der Waals surface area (Å²) in [5, 5.41) is 11.0. The molecule has 0 aromatic carbocycles. The third-order valence-corrected chi connectivity index (χ3v) is 7.90. The van der Waals surface area contributed by atoms with E-state index in [-0.39, 0.29) is 54.0 Å². The minimum absolute atomic E-state index is 0.0331. The normalized spacial score (nSPS) is 24.9. The Bertz CT molecular complexity index is 1250. The summed E-state index contributed by atoms with van der Waals surface area (Å²) in [4.78, 5) is 63.3. The molecule has 4 atom stereocenters. The molecule has 4 heterocycles. The van der Waals surface area contributed by atoms with Gasteiger partial charge in [0.1, 0.15) is 28.6 Å². The fourth-order valence-corrected chi connectivity index (χ4v) is 5.83. The number of ether oxygens (including phenoxy) is 1. The van der Waals surface area contributed by atoms with Gasteiger partial charge in [-0.2, -0.15) is 0 Å². The Morgan fingerprint density at radius 2 is 1.77 bits per heavy atom. The van der Waals surface area contributed by atoms with Crippen LogP contribution in [0.15, 0.2) is 9.80 Å². The van der Waals surface area contributed by atoms with Gasteiger partial charge in [-0.25, -0.2) is 9.97 Å². The molecule has 1 fully saturated rings. The number of nitrogens with one attached hydrogen (secondary N) is 3. The van der Waals surface area contributed by atoms with Crippen LogP contribution in [0.4, 0.5) is 0 Å². The minimum Gasteiger partial charge on any atom is -0.443 e. The number of carbonyl (C=O) groups excluding carboxylic acids is 4. The SMILES string of the molecule is Cc1oc2nc1C(=O)N[C@H](C)CN(C(=O)[C@H]1CCCO1)CC(=O)N[C@@H](C(C)C)c1nc(cs1)C(=O)N[C@@H]2C(C)C. The number of carbonyl (C=O) groups is 4. The molecule has 1 saturated heterocycles. The van der Waals surface area contributed by atoms with Crippen LogP contribution in [0.2, 0.25) is 0 Å². The lowest BCUT2D eigenvalue weighted by molar-refractivity contribution is -0.144. The van der Waals surface area contributed by atoms with Gasteiger partial charge in [-0.15, -0.1) is 11.3 Å². The predicted octanol–water partition coefficient (Wildman–Crippen LogP) is 2.52. The molecule has 2 aromatic rings. The van der Waals surface area contributed by atoms with Crippen molar-refractivity contribution in [3.05, 3.63) is 33.4 Å². The van der Waals surface area contributed by atoms with Crippen LogP contribution < -0.4 is 16.0 Å². The van der Waals surface area contributed by atoms with Crippen molar-refractivity contribution < 1.29 is 28.3 Å². The first-order valence-corrected chi connectivity index (χ1v) is 14.6. The van der Waals surface area contributed by atoms with Crippen LogP contribution in [-0.4, -0.2) is 70.3 Å². The molecule has 3 N–H and O–H groups in total. The number of rotatable bonds is 3. The lowest BCUT2D eigenvalue weighted by Gasteiger charge is -2.29. The zero-order chi connectivity index (χ0) is 29.1. The highest BCUT2D eigenvalue weighted by atomic mass is 32.1. The number of oxazole rings is 1. The van der Waals surface area contributed by atoms with Gasteiger partial charge in [0.05, 0.1) is 12.6 Å². The summed E-state index contributed by atoms with van der Waals surface area (Å²) < 4.78 is 11.4. The molecule has 0 radical (unpaired) electrons. The second-order valence-electron chi connectivity index (χ2n) is 11.1. The van der Waals surface area contributed by atoms with E-state index in [0.29, 0.717) is 23.8 Å². The predicted molar refractivity (Wildman–Crippen MR) is 147 cm³/mol. The number of nitrogens with zero attached hydrogens (tertiary/aromatic N) is 3. The summed E-state index contributed by atoms with van der Waals surface area (Å²) in [6.07, 6.45) is 0.722. The van der Waals surface area contributed by atoms with Crippen LogP contribution in [0.1, 0.15) is 97.2 Å². The molecule has 0 unspecified atom stereocenters. The number of hydrogen-bond acceptors (Lipinski definition) is 9. The van der Waals surface area contributed by atoms with Gasteiger partial charge in [-0.3, -0.25) is 19.2 Å². The van der Waals surface area contributed by atoms with Gasteiger partial charge in [-0.05, 0) is 38.5 Å². The molecule has 2 aliphatic heterocycles.